The minimum atomic E-state index is -0.135. The zero-order chi connectivity index (χ0) is 13.8. The number of Topliss-reactive ketones (excluding diaryl/α,β-unsaturated/α-hetero) is 2. The van der Waals surface area contributed by atoms with Gasteiger partial charge in [-0.1, -0.05) is 44.3 Å². The number of carbonyl (C=O) groups is 2. The van der Waals surface area contributed by atoms with E-state index in [0.29, 0.717) is 12.8 Å². The summed E-state index contributed by atoms with van der Waals surface area (Å²) < 4.78 is 0. The lowest BCUT2D eigenvalue weighted by molar-refractivity contribution is -0.136. The highest BCUT2D eigenvalue weighted by Crippen LogP contribution is 2.11. The Morgan fingerprint density at radius 3 is 1.37 bits per heavy atom. The van der Waals surface area contributed by atoms with Gasteiger partial charge in [0.05, 0.1) is 0 Å². The van der Waals surface area contributed by atoms with Crippen molar-refractivity contribution in [3.63, 3.8) is 0 Å². The van der Waals surface area contributed by atoms with E-state index in [-0.39, 0.29) is 11.6 Å². The molecule has 0 aromatic heterocycles. The second-order valence-electron chi connectivity index (χ2n) is 5.58. The van der Waals surface area contributed by atoms with E-state index in [9.17, 15) is 9.59 Å². The first-order valence-corrected chi connectivity index (χ1v) is 8.02. The first-order chi connectivity index (χ1) is 9.30. The van der Waals surface area contributed by atoms with Gasteiger partial charge in [0, 0.05) is 12.8 Å². The maximum atomic E-state index is 11.6. The zero-order valence-electron chi connectivity index (χ0n) is 12.2. The molecule has 0 aromatic carbocycles. The van der Waals surface area contributed by atoms with Crippen LogP contribution in [0.5, 0.6) is 0 Å². The normalized spacial score (nSPS) is 23.8. The summed E-state index contributed by atoms with van der Waals surface area (Å²) in [5.41, 5.74) is 0. The molecule has 0 bridgehead atoms. The van der Waals surface area contributed by atoms with Crippen molar-refractivity contribution in [1.29, 1.82) is 0 Å². The predicted molar refractivity (Wildman–Crippen MR) is 79.2 cm³/mol. The number of hydrogen-bond acceptors (Lipinski definition) is 2. The number of hydrogen-bond donors (Lipinski definition) is 0. The number of carbonyl (C=O) groups excluding carboxylic acids is 2. The molecule has 0 aromatic rings. The number of rotatable bonds is 0. The molecule has 0 saturated carbocycles. The van der Waals surface area contributed by atoms with Crippen molar-refractivity contribution in [2.24, 2.45) is 0 Å². The Morgan fingerprint density at radius 2 is 0.895 bits per heavy atom. The molecule has 0 heterocycles. The summed E-state index contributed by atoms with van der Waals surface area (Å²) in [5.74, 6) is -0.268. The molecule has 0 fully saturated rings. The smallest absolute Gasteiger partial charge is 0.198 e. The summed E-state index contributed by atoms with van der Waals surface area (Å²) in [7, 11) is 0. The summed E-state index contributed by atoms with van der Waals surface area (Å²) in [6.45, 7) is 0. The molecule has 0 saturated heterocycles. The average Bonchev–Trinajstić information content (AvgIpc) is 2.41. The van der Waals surface area contributed by atoms with Crippen LogP contribution in [-0.2, 0) is 9.59 Å². The van der Waals surface area contributed by atoms with Gasteiger partial charge in [0.15, 0.2) is 11.6 Å². The molecule has 0 spiro atoms. The van der Waals surface area contributed by atoms with E-state index >= 15 is 0 Å². The van der Waals surface area contributed by atoms with Crippen LogP contribution in [0.15, 0.2) is 12.2 Å². The van der Waals surface area contributed by atoms with Crippen LogP contribution < -0.4 is 0 Å². The maximum absolute atomic E-state index is 11.6. The van der Waals surface area contributed by atoms with Crippen molar-refractivity contribution in [2.75, 3.05) is 0 Å². The Hall–Kier alpha value is -0.920. The van der Waals surface area contributed by atoms with Crippen molar-refractivity contribution in [3.05, 3.63) is 12.2 Å². The molecule has 1 rings (SSSR count). The molecule has 0 unspecified atom stereocenters. The zero-order valence-corrected chi connectivity index (χ0v) is 12.2. The third-order valence-corrected chi connectivity index (χ3v) is 3.78. The van der Waals surface area contributed by atoms with Gasteiger partial charge in [-0.3, -0.25) is 9.59 Å². The standard InChI is InChI=1S/C17H28O2/c18-16-14-12-10-8-6-4-2-1-3-5-7-9-11-13-15-17(16)19/h1-2H,3-15H2/b2-1-. The van der Waals surface area contributed by atoms with Gasteiger partial charge in [0.25, 0.3) is 0 Å². The van der Waals surface area contributed by atoms with Gasteiger partial charge >= 0.3 is 0 Å². The SMILES string of the molecule is O=C1CCCCCC/C=C\CCCCCCCC1=O. The van der Waals surface area contributed by atoms with Crippen molar-refractivity contribution < 1.29 is 9.59 Å². The van der Waals surface area contributed by atoms with Crippen LogP contribution in [0.1, 0.15) is 83.5 Å². The fraction of sp³-hybridized carbons (Fsp3) is 0.765. The predicted octanol–water partition coefficient (Wildman–Crippen LogP) is 4.77. The molecule has 0 N–H and O–H groups in total. The van der Waals surface area contributed by atoms with Gasteiger partial charge in [-0.05, 0) is 38.5 Å². The fourth-order valence-corrected chi connectivity index (χ4v) is 2.49. The highest BCUT2D eigenvalue weighted by Gasteiger charge is 2.12. The van der Waals surface area contributed by atoms with Gasteiger partial charge < -0.3 is 0 Å². The van der Waals surface area contributed by atoms with Gasteiger partial charge in [0.1, 0.15) is 0 Å². The van der Waals surface area contributed by atoms with Crippen molar-refractivity contribution in [2.45, 2.75) is 83.5 Å². The fourth-order valence-electron chi connectivity index (χ4n) is 2.49. The van der Waals surface area contributed by atoms with Crippen molar-refractivity contribution >= 4 is 11.6 Å². The molecule has 0 radical (unpaired) electrons. The van der Waals surface area contributed by atoms with E-state index in [4.69, 9.17) is 0 Å². The molecule has 2 heteroatoms. The van der Waals surface area contributed by atoms with E-state index in [1.165, 1.54) is 38.5 Å². The van der Waals surface area contributed by atoms with Gasteiger partial charge in [-0.25, -0.2) is 0 Å². The van der Waals surface area contributed by atoms with E-state index in [1.807, 2.05) is 0 Å². The van der Waals surface area contributed by atoms with Crippen LogP contribution in [0.25, 0.3) is 0 Å². The van der Waals surface area contributed by atoms with Crippen LogP contribution in [0.4, 0.5) is 0 Å². The first kappa shape index (κ1) is 16.1. The minimum Gasteiger partial charge on any atom is -0.291 e. The summed E-state index contributed by atoms with van der Waals surface area (Å²) >= 11 is 0. The highest BCUT2D eigenvalue weighted by atomic mass is 16.2. The van der Waals surface area contributed by atoms with Crippen LogP contribution in [0, 0.1) is 0 Å². The van der Waals surface area contributed by atoms with E-state index in [1.54, 1.807) is 0 Å². The highest BCUT2D eigenvalue weighted by molar-refractivity contribution is 6.37. The molecule has 0 atom stereocenters. The first-order valence-electron chi connectivity index (χ1n) is 8.02. The Labute approximate surface area is 117 Å². The van der Waals surface area contributed by atoms with Gasteiger partial charge in [0.2, 0.25) is 0 Å². The summed E-state index contributed by atoms with van der Waals surface area (Å²) in [5, 5.41) is 0. The maximum Gasteiger partial charge on any atom is 0.198 e. The minimum absolute atomic E-state index is 0.133. The second kappa shape index (κ2) is 11.0. The third-order valence-electron chi connectivity index (χ3n) is 3.78. The Bertz CT molecular complexity index is 292. The molecule has 108 valence electrons. The van der Waals surface area contributed by atoms with Crippen LogP contribution in [-0.4, -0.2) is 11.6 Å². The lowest BCUT2D eigenvalue weighted by atomic mass is 10.0. The molecule has 1 aliphatic carbocycles. The average molecular weight is 264 g/mol. The summed E-state index contributed by atoms with van der Waals surface area (Å²) in [6.07, 6.45) is 17.9. The largest absolute Gasteiger partial charge is 0.291 e. The molecule has 2 nitrogen and oxygen atoms in total. The Balaban J connectivity index is 2.28. The summed E-state index contributed by atoms with van der Waals surface area (Å²) in [6, 6.07) is 0. The van der Waals surface area contributed by atoms with Gasteiger partial charge in [-0.2, -0.15) is 0 Å². The molecule has 1 aliphatic rings. The van der Waals surface area contributed by atoms with E-state index < -0.39 is 0 Å². The monoisotopic (exact) mass is 264 g/mol. The second-order valence-corrected chi connectivity index (χ2v) is 5.58. The van der Waals surface area contributed by atoms with Crippen molar-refractivity contribution in [3.8, 4) is 0 Å². The third kappa shape index (κ3) is 8.74. The van der Waals surface area contributed by atoms with Crippen LogP contribution >= 0.6 is 0 Å². The van der Waals surface area contributed by atoms with Crippen LogP contribution in [0.2, 0.25) is 0 Å². The topological polar surface area (TPSA) is 34.1 Å². The lowest BCUT2D eigenvalue weighted by Gasteiger charge is -2.01. The number of allylic oxidation sites excluding steroid dienone is 2. The van der Waals surface area contributed by atoms with Gasteiger partial charge in [-0.15, -0.1) is 0 Å². The molecular formula is C17H28O2. The molecular weight excluding hydrogens is 236 g/mol. The quantitative estimate of drug-likeness (QED) is 0.466. The molecule has 19 heavy (non-hydrogen) atoms. The van der Waals surface area contributed by atoms with E-state index in [0.717, 1.165) is 32.1 Å². The Kier molecular flexibility index (Phi) is 9.30. The van der Waals surface area contributed by atoms with Crippen LogP contribution in [0.3, 0.4) is 0 Å². The van der Waals surface area contributed by atoms with E-state index in [2.05, 4.69) is 12.2 Å². The lowest BCUT2D eigenvalue weighted by Crippen LogP contribution is -2.13. The molecule has 0 amide bonds. The number of ketones is 2. The summed E-state index contributed by atoms with van der Waals surface area (Å²) in [4.78, 5) is 23.2. The van der Waals surface area contributed by atoms with Crippen molar-refractivity contribution in [1.82, 2.24) is 0 Å². The Morgan fingerprint density at radius 1 is 0.526 bits per heavy atom. The molecule has 0 aliphatic heterocycles.